The van der Waals surface area contributed by atoms with Gasteiger partial charge in [0, 0.05) is 22.5 Å². The van der Waals surface area contributed by atoms with Crippen molar-refractivity contribution in [3.05, 3.63) is 235 Å². The Bertz CT molecular complexity index is 2800. The van der Waals surface area contributed by atoms with Crippen LogP contribution in [0.3, 0.4) is 0 Å². The molecule has 0 radical (unpaired) electrons. The van der Waals surface area contributed by atoms with Crippen LogP contribution in [0.2, 0.25) is 0 Å². The van der Waals surface area contributed by atoms with Gasteiger partial charge in [0.05, 0.1) is 0 Å². The predicted octanol–water partition coefficient (Wildman–Crippen LogP) is 15.5. The molecule has 0 atom stereocenters. The normalized spacial score (nSPS) is 14.5. The van der Waals surface area contributed by atoms with Gasteiger partial charge in [-0.15, -0.1) is 0 Å². The zero-order chi connectivity index (χ0) is 38.9. The zero-order valence-electron chi connectivity index (χ0n) is 32.8. The highest BCUT2D eigenvalue weighted by Gasteiger charge is 2.38. The minimum Gasteiger partial charge on any atom is -0.311 e. The van der Waals surface area contributed by atoms with E-state index < -0.39 is 0 Å². The smallest absolute Gasteiger partial charge is 0.0461 e. The SMILES string of the molecule is C=C(C=C1/C(=C\C)c2ccc(-c3ccc(-c4ccc5ccccc5c4)cc3)cc2C1(C)C)N(c1ccccc1)c1ccc(-c2cccc(-c3ccccc3)c2)cc1. The van der Waals surface area contributed by atoms with Gasteiger partial charge in [0.25, 0.3) is 0 Å². The van der Waals surface area contributed by atoms with Crippen molar-refractivity contribution in [3.8, 4) is 44.5 Å². The van der Waals surface area contributed by atoms with Crippen molar-refractivity contribution >= 4 is 27.7 Å². The summed E-state index contributed by atoms with van der Waals surface area (Å²) in [4.78, 5) is 2.27. The van der Waals surface area contributed by atoms with E-state index in [4.69, 9.17) is 6.58 Å². The van der Waals surface area contributed by atoms with E-state index in [9.17, 15) is 0 Å². The number of para-hydroxylation sites is 1. The number of rotatable bonds is 8. The van der Waals surface area contributed by atoms with Crippen LogP contribution in [0.5, 0.6) is 0 Å². The van der Waals surface area contributed by atoms with Crippen molar-refractivity contribution < 1.29 is 0 Å². The molecule has 1 heteroatoms. The van der Waals surface area contributed by atoms with Crippen LogP contribution in [0.4, 0.5) is 11.4 Å². The third-order valence-electron chi connectivity index (χ3n) is 11.6. The maximum atomic E-state index is 4.73. The summed E-state index contributed by atoms with van der Waals surface area (Å²) in [5.74, 6) is 0. The first-order valence-electron chi connectivity index (χ1n) is 19.8. The van der Waals surface area contributed by atoms with Gasteiger partial charge in [-0.25, -0.2) is 0 Å². The van der Waals surface area contributed by atoms with Crippen LogP contribution in [-0.2, 0) is 5.41 Å². The molecular formula is C56H45N. The third-order valence-corrected chi connectivity index (χ3v) is 11.6. The molecule has 0 bridgehead atoms. The van der Waals surface area contributed by atoms with Gasteiger partial charge >= 0.3 is 0 Å². The van der Waals surface area contributed by atoms with Gasteiger partial charge < -0.3 is 4.90 Å². The minimum absolute atomic E-state index is 0.239. The molecule has 8 aromatic carbocycles. The van der Waals surface area contributed by atoms with Crippen molar-refractivity contribution in [1.29, 1.82) is 0 Å². The quantitative estimate of drug-likeness (QED) is 0.150. The minimum atomic E-state index is -0.239. The summed E-state index contributed by atoms with van der Waals surface area (Å²) >= 11 is 0. The number of allylic oxidation sites excluding steroid dienone is 4. The molecule has 274 valence electrons. The molecule has 0 amide bonds. The van der Waals surface area contributed by atoms with Gasteiger partial charge in [0.15, 0.2) is 0 Å². The van der Waals surface area contributed by atoms with E-state index in [1.165, 1.54) is 77.6 Å². The van der Waals surface area contributed by atoms with E-state index >= 15 is 0 Å². The Hall–Kier alpha value is -6.96. The van der Waals surface area contributed by atoms with Gasteiger partial charge in [-0.05, 0) is 133 Å². The maximum Gasteiger partial charge on any atom is 0.0461 e. The highest BCUT2D eigenvalue weighted by atomic mass is 15.1. The molecular weight excluding hydrogens is 687 g/mol. The largest absolute Gasteiger partial charge is 0.311 e. The van der Waals surface area contributed by atoms with Crippen molar-refractivity contribution in [2.75, 3.05) is 4.90 Å². The molecule has 0 unspecified atom stereocenters. The van der Waals surface area contributed by atoms with Crippen LogP contribution in [-0.4, -0.2) is 0 Å². The van der Waals surface area contributed by atoms with E-state index in [1.807, 2.05) is 0 Å². The molecule has 0 saturated carbocycles. The first kappa shape index (κ1) is 35.7. The number of hydrogen-bond donors (Lipinski definition) is 0. The van der Waals surface area contributed by atoms with Gasteiger partial charge in [-0.3, -0.25) is 0 Å². The third kappa shape index (κ3) is 6.83. The average molecular weight is 732 g/mol. The Morgan fingerprint density at radius 3 is 1.58 bits per heavy atom. The molecule has 9 rings (SSSR count). The second-order valence-electron chi connectivity index (χ2n) is 15.4. The molecule has 0 aliphatic heterocycles. The highest BCUT2D eigenvalue weighted by molar-refractivity contribution is 5.92. The Morgan fingerprint density at radius 1 is 0.456 bits per heavy atom. The summed E-state index contributed by atoms with van der Waals surface area (Å²) < 4.78 is 0. The van der Waals surface area contributed by atoms with E-state index in [0.717, 1.165) is 17.1 Å². The number of hydrogen-bond acceptors (Lipinski definition) is 1. The molecule has 1 nitrogen and oxygen atoms in total. The van der Waals surface area contributed by atoms with Crippen LogP contribution in [0.25, 0.3) is 60.9 Å². The van der Waals surface area contributed by atoms with Crippen LogP contribution >= 0.6 is 0 Å². The van der Waals surface area contributed by atoms with Gasteiger partial charge in [0.1, 0.15) is 0 Å². The van der Waals surface area contributed by atoms with Gasteiger partial charge in [-0.1, -0.05) is 178 Å². The van der Waals surface area contributed by atoms with Gasteiger partial charge in [-0.2, -0.15) is 0 Å². The van der Waals surface area contributed by atoms with Crippen LogP contribution in [0.1, 0.15) is 31.9 Å². The zero-order valence-corrected chi connectivity index (χ0v) is 32.8. The molecule has 0 heterocycles. The molecule has 1 aliphatic rings. The van der Waals surface area contributed by atoms with Crippen LogP contribution in [0.15, 0.2) is 224 Å². The lowest BCUT2D eigenvalue weighted by atomic mass is 9.81. The predicted molar refractivity (Wildman–Crippen MR) is 245 cm³/mol. The van der Waals surface area contributed by atoms with Crippen LogP contribution < -0.4 is 4.90 Å². The molecule has 0 fully saturated rings. The van der Waals surface area contributed by atoms with Crippen molar-refractivity contribution in [2.24, 2.45) is 0 Å². The lowest BCUT2D eigenvalue weighted by Crippen LogP contribution is -2.19. The summed E-state index contributed by atoms with van der Waals surface area (Å²) in [5, 5.41) is 2.52. The monoisotopic (exact) mass is 731 g/mol. The van der Waals surface area contributed by atoms with E-state index in [-0.39, 0.29) is 5.41 Å². The Morgan fingerprint density at radius 2 is 0.930 bits per heavy atom. The first-order valence-corrected chi connectivity index (χ1v) is 19.8. The Labute approximate surface area is 337 Å². The van der Waals surface area contributed by atoms with E-state index in [0.29, 0.717) is 0 Å². The fourth-order valence-electron chi connectivity index (χ4n) is 8.50. The number of fused-ring (bicyclic) bond motifs is 2. The second kappa shape index (κ2) is 14.9. The molecule has 0 aromatic heterocycles. The number of nitrogens with zero attached hydrogens (tertiary/aromatic N) is 1. The van der Waals surface area contributed by atoms with Crippen molar-refractivity contribution in [3.63, 3.8) is 0 Å². The topological polar surface area (TPSA) is 3.24 Å². The summed E-state index contributed by atoms with van der Waals surface area (Å²) in [6.07, 6.45) is 4.56. The van der Waals surface area contributed by atoms with Gasteiger partial charge in [0.2, 0.25) is 0 Å². The van der Waals surface area contributed by atoms with Crippen molar-refractivity contribution in [1.82, 2.24) is 0 Å². The van der Waals surface area contributed by atoms with Crippen LogP contribution in [0, 0.1) is 0 Å². The van der Waals surface area contributed by atoms with Crippen molar-refractivity contribution in [2.45, 2.75) is 26.2 Å². The first-order chi connectivity index (χ1) is 27.9. The molecule has 57 heavy (non-hydrogen) atoms. The molecule has 0 N–H and O–H groups in total. The summed E-state index contributed by atoms with van der Waals surface area (Å²) in [6.45, 7) is 11.6. The lowest BCUT2D eigenvalue weighted by molar-refractivity contribution is 0.660. The average Bonchev–Trinajstić information content (AvgIpc) is 3.48. The molecule has 8 aromatic rings. The number of anilines is 2. The fourth-order valence-corrected chi connectivity index (χ4v) is 8.50. The van der Waals surface area contributed by atoms with E-state index in [1.54, 1.807) is 0 Å². The Balaban J connectivity index is 1.02. The summed E-state index contributed by atoms with van der Waals surface area (Å²) in [7, 11) is 0. The molecule has 1 aliphatic carbocycles. The fraction of sp³-hybridized carbons (Fsp3) is 0.0714. The highest BCUT2D eigenvalue weighted by Crippen LogP contribution is 2.51. The summed E-state index contributed by atoms with van der Waals surface area (Å²) in [6, 6.07) is 70.0. The summed E-state index contributed by atoms with van der Waals surface area (Å²) in [5.41, 5.74) is 17.7. The molecule has 0 saturated heterocycles. The Kier molecular flexibility index (Phi) is 9.36. The molecule has 0 spiro atoms. The van der Waals surface area contributed by atoms with E-state index in [2.05, 4.69) is 232 Å². The maximum absolute atomic E-state index is 4.73. The second-order valence-corrected chi connectivity index (χ2v) is 15.4. The standard InChI is InChI=1S/C56H45N/c1-5-52-53-34-31-49(43-25-23-42(24-26-43)48-28-27-41-17-12-13-18-45(41)37-48)38-55(53)56(3,4)54(52)35-39(2)57(50-21-10-7-11-22-50)51-32-29-44(30-33-51)47-20-14-19-46(36-47)40-15-8-6-9-16-40/h5-38H,2H2,1,3-4H3/b52-5-,54-35?. The lowest BCUT2D eigenvalue weighted by Gasteiger charge is -2.28. The number of benzene rings is 8.